The van der Waals surface area contributed by atoms with Crippen molar-refractivity contribution in [2.24, 2.45) is 7.05 Å². The molecule has 0 N–H and O–H groups in total. The molecule has 1 aliphatic rings. The molecule has 1 amide bonds. The second kappa shape index (κ2) is 8.12. The zero-order chi connectivity index (χ0) is 24.0. The first kappa shape index (κ1) is 21.9. The van der Waals surface area contributed by atoms with Gasteiger partial charge < -0.3 is 14.4 Å². The van der Waals surface area contributed by atoms with Crippen LogP contribution in [0.5, 0.6) is 11.5 Å². The van der Waals surface area contributed by atoms with E-state index in [9.17, 15) is 13.6 Å². The molecular weight excluding hydrogens is 444 g/mol. The Bertz CT molecular complexity index is 1370. The van der Waals surface area contributed by atoms with Crippen LogP contribution in [0, 0.1) is 0 Å². The number of alkyl halides is 2. The first-order valence-electron chi connectivity index (χ1n) is 10.7. The van der Waals surface area contributed by atoms with Crippen LogP contribution in [0.15, 0.2) is 49.1 Å². The summed E-state index contributed by atoms with van der Waals surface area (Å²) in [7, 11) is 4.73. The number of halogens is 2. The van der Waals surface area contributed by atoms with Crippen LogP contribution < -0.4 is 9.47 Å². The molecule has 176 valence electrons. The fraction of sp³-hybridized carbons (Fsp3) is 0.292. The highest BCUT2D eigenvalue weighted by Crippen LogP contribution is 2.38. The second-order valence-electron chi connectivity index (χ2n) is 8.28. The molecular formula is C24H23F2N5O3. The number of imidazole rings is 1. The molecule has 5 rings (SSSR count). The van der Waals surface area contributed by atoms with E-state index in [0.717, 1.165) is 27.4 Å². The van der Waals surface area contributed by atoms with Crippen molar-refractivity contribution in [3.8, 4) is 33.9 Å². The van der Waals surface area contributed by atoms with Crippen LogP contribution in [0.3, 0.4) is 0 Å². The Hall–Kier alpha value is -3.95. The number of aromatic nitrogens is 4. The van der Waals surface area contributed by atoms with Crippen LogP contribution in [0.25, 0.3) is 28.0 Å². The lowest BCUT2D eigenvalue weighted by atomic mass is 10.0. The van der Waals surface area contributed by atoms with E-state index < -0.39 is 18.4 Å². The molecule has 1 fully saturated rings. The van der Waals surface area contributed by atoms with E-state index in [1.165, 1.54) is 14.2 Å². The summed E-state index contributed by atoms with van der Waals surface area (Å²) in [5.74, 6) is -2.94. The highest BCUT2D eigenvalue weighted by atomic mass is 19.3. The van der Waals surface area contributed by atoms with Crippen LogP contribution in [-0.4, -0.2) is 63.2 Å². The van der Waals surface area contributed by atoms with Gasteiger partial charge in [-0.15, -0.1) is 0 Å². The summed E-state index contributed by atoms with van der Waals surface area (Å²) in [5.41, 5.74) is 4.28. The summed E-state index contributed by atoms with van der Waals surface area (Å²) in [6.07, 6.45) is 6.99. The molecule has 10 heteroatoms. The van der Waals surface area contributed by atoms with Crippen LogP contribution in [0.2, 0.25) is 0 Å². The van der Waals surface area contributed by atoms with E-state index in [2.05, 4.69) is 10.1 Å². The lowest BCUT2D eigenvalue weighted by Gasteiger charge is -2.20. The molecule has 1 aromatic carbocycles. The average Bonchev–Trinajstić information content (AvgIpc) is 3.55. The number of likely N-dealkylation sites (tertiary alicyclic amines) is 1. The lowest BCUT2D eigenvalue weighted by molar-refractivity contribution is 0.0119. The number of rotatable bonds is 5. The molecule has 1 saturated heterocycles. The van der Waals surface area contributed by atoms with Gasteiger partial charge in [0.05, 0.1) is 38.9 Å². The van der Waals surface area contributed by atoms with E-state index in [-0.39, 0.29) is 30.0 Å². The number of amides is 1. The summed E-state index contributed by atoms with van der Waals surface area (Å²) < 4.78 is 42.0. The van der Waals surface area contributed by atoms with Crippen molar-refractivity contribution in [1.82, 2.24) is 24.1 Å². The van der Waals surface area contributed by atoms with Gasteiger partial charge in [-0.1, -0.05) is 0 Å². The highest BCUT2D eigenvalue weighted by molar-refractivity contribution is 6.01. The number of pyridine rings is 1. The Balaban J connectivity index is 1.55. The quantitative estimate of drug-likeness (QED) is 0.445. The number of carbonyl (C=O) groups is 1. The number of hydrogen-bond acceptors (Lipinski definition) is 5. The Morgan fingerprint density at radius 1 is 1.06 bits per heavy atom. The van der Waals surface area contributed by atoms with Crippen molar-refractivity contribution in [1.29, 1.82) is 0 Å². The number of hydrogen-bond donors (Lipinski definition) is 0. The number of aryl methyl sites for hydroxylation is 1. The highest BCUT2D eigenvalue weighted by Gasteiger charge is 2.41. The lowest BCUT2D eigenvalue weighted by Crippen LogP contribution is -2.32. The van der Waals surface area contributed by atoms with Crippen LogP contribution in [-0.2, 0) is 7.05 Å². The Kier molecular flexibility index (Phi) is 5.22. The Labute approximate surface area is 194 Å². The Morgan fingerprint density at radius 2 is 1.79 bits per heavy atom. The van der Waals surface area contributed by atoms with Crippen molar-refractivity contribution in [2.45, 2.75) is 12.3 Å². The monoisotopic (exact) mass is 467 g/mol. The van der Waals surface area contributed by atoms with Crippen LogP contribution in [0.4, 0.5) is 8.78 Å². The maximum absolute atomic E-state index is 13.7. The molecule has 4 heterocycles. The molecule has 8 nitrogen and oxygen atoms in total. The average molecular weight is 467 g/mol. The molecule has 0 spiro atoms. The maximum atomic E-state index is 13.7. The minimum absolute atomic E-state index is 0.0214. The van der Waals surface area contributed by atoms with E-state index >= 15 is 0 Å². The van der Waals surface area contributed by atoms with Gasteiger partial charge in [-0.05, 0) is 29.8 Å². The van der Waals surface area contributed by atoms with Gasteiger partial charge in [0, 0.05) is 43.5 Å². The summed E-state index contributed by atoms with van der Waals surface area (Å²) >= 11 is 0. The van der Waals surface area contributed by atoms with Gasteiger partial charge in [-0.2, -0.15) is 5.10 Å². The normalized spacial score (nSPS) is 15.1. The second-order valence-corrected chi connectivity index (χ2v) is 8.28. The van der Waals surface area contributed by atoms with Crippen LogP contribution in [0.1, 0.15) is 16.8 Å². The van der Waals surface area contributed by atoms with Gasteiger partial charge in [-0.25, -0.2) is 13.8 Å². The van der Waals surface area contributed by atoms with E-state index in [1.807, 2.05) is 36.0 Å². The van der Waals surface area contributed by atoms with E-state index in [1.54, 1.807) is 29.2 Å². The number of ether oxygens (including phenoxy) is 2. The number of carbonyl (C=O) groups excluding carboxylic acids is 1. The molecule has 0 aliphatic carbocycles. The summed E-state index contributed by atoms with van der Waals surface area (Å²) in [6.45, 7) is -0.640. The molecule has 4 aromatic rings. The minimum atomic E-state index is -2.89. The van der Waals surface area contributed by atoms with E-state index in [0.29, 0.717) is 5.56 Å². The molecule has 34 heavy (non-hydrogen) atoms. The third-order valence-electron chi connectivity index (χ3n) is 6.02. The van der Waals surface area contributed by atoms with Gasteiger partial charge in [-0.3, -0.25) is 13.9 Å². The fourth-order valence-electron chi connectivity index (χ4n) is 4.28. The maximum Gasteiger partial charge on any atom is 0.267 e. The smallest absolute Gasteiger partial charge is 0.267 e. The first-order chi connectivity index (χ1) is 16.3. The predicted molar refractivity (Wildman–Crippen MR) is 121 cm³/mol. The molecule has 1 aliphatic heterocycles. The molecule has 0 unspecified atom stereocenters. The third-order valence-corrected chi connectivity index (χ3v) is 6.02. The zero-order valence-electron chi connectivity index (χ0n) is 19.0. The first-order valence-corrected chi connectivity index (χ1v) is 10.7. The fourth-order valence-corrected chi connectivity index (χ4v) is 4.28. The van der Waals surface area contributed by atoms with Gasteiger partial charge in [0.25, 0.3) is 11.8 Å². The minimum Gasteiger partial charge on any atom is -0.496 e. The van der Waals surface area contributed by atoms with Crippen molar-refractivity contribution < 1.29 is 23.0 Å². The largest absolute Gasteiger partial charge is 0.496 e. The summed E-state index contributed by atoms with van der Waals surface area (Å²) in [4.78, 5) is 18.8. The number of benzene rings is 1. The molecule has 3 aromatic heterocycles. The Morgan fingerprint density at radius 3 is 2.38 bits per heavy atom. The van der Waals surface area contributed by atoms with Gasteiger partial charge >= 0.3 is 0 Å². The summed E-state index contributed by atoms with van der Waals surface area (Å²) in [5, 5.41) is 4.21. The zero-order valence-corrected chi connectivity index (χ0v) is 19.0. The third kappa shape index (κ3) is 3.74. The topological polar surface area (TPSA) is 73.9 Å². The van der Waals surface area contributed by atoms with Gasteiger partial charge in [0.1, 0.15) is 22.7 Å². The molecule has 0 bridgehead atoms. The number of fused-ring (bicyclic) bond motifs is 1. The predicted octanol–water partition coefficient (Wildman–Crippen LogP) is 3.90. The standard InChI is InChI=1S/C24H23F2N5O3/c1-29-13-17(11-28-29)15-4-6-31-18(12-27-21(31)10-15)16-8-19(33-2)22(20(9-16)34-3)23(32)30-7-5-24(25,26)14-30/h4,6,8-13H,5,7,14H2,1-3H3. The number of nitrogens with zero attached hydrogens (tertiary/aromatic N) is 5. The van der Waals surface area contributed by atoms with E-state index in [4.69, 9.17) is 9.47 Å². The van der Waals surface area contributed by atoms with Gasteiger partial charge in [0.15, 0.2) is 0 Å². The molecule has 0 radical (unpaired) electrons. The SMILES string of the molecule is COc1cc(-c2cnc3cc(-c4cnn(C)c4)ccn23)cc(OC)c1C(=O)N1CCC(F)(F)C1. The van der Waals surface area contributed by atoms with Crippen molar-refractivity contribution >= 4 is 11.6 Å². The molecule has 0 atom stereocenters. The molecule has 0 saturated carbocycles. The summed E-state index contributed by atoms with van der Waals surface area (Å²) in [6, 6.07) is 7.32. The van der Waals surface area contributed by atoms with Crippen LogP contribution >= 0.6 is 0 Å². The van der Waals surface area contributed by atoms with Crippen molar-refractivity contribution in [3.05, 3.63) is 54.6 Å². The van der Waals surface area contributed by atoms with Gasteiger partial charge in [0.2, 0.25) is 0 Å². The van der Waals surface area contributed by atoms with Crippen molar-refractivity contribution in [2.75, 3.05) is 27.3 Å². The number of methoxy groups -OCH3 is 2. The van der Waals surface area contributed by atoms with Crippen molar-refractivity contribution in [3.63, 3.8) is 0 Å².